The lowest BCUT2D eigenvalue weighted by molar-refractivity contribution is 0.213. The first-order valence-corrected chi connectivity index (χ1v) is 7.29. The van der Waals surface area contributed by atoms with E-state index in [1.54, 1.807) is 6.20 Å². The second-order valence-corrected chi connectivity index (χ2v) is 5.57. The average molecular weight is 270 g/mol. The fraction of sp³-hybridized carbons (Fsp3) is 0.438. The molecule has 2 heterocycles. The van der Waals surface area contributed by atoms with Crippen LogP contribution in [0.5, 0.6) is 0 Å². The molecule has 4 heteroatoms. The zero-order valence-corrected chi connectivity index (χ0v) is 12.2. The van der Waals surface area contributed by atoms with Gasteiger partial charge < -0.3 is 10.6 Å². The molecule has 1 atom stereocenters. The Balaban J connectivity index is 2.03. The minimum atomic E-state index is 0.593. The molecule has 1 fully saturated rings. The van der Waals surface area contributed by atoms with Gasteiger partial charge in [0, 0.05) is 31.1 Å². The second-order valence-electron chi connectivity index (χ2n) is 5.57. The van der Waals surface area contributed by atoms with Gasteiger partial charge in [0.15, 0.2) is 0 Å². The summed E-state index contributed by atoms with van der Waals surface area (Å²) in [5.74, 6) is 0. The molecule has 0 bridgehead atoms. The van der Waals surface area contributed by atoms with Crippen molar-refractivity contribution in [2.45, 2.75) is 19.4 Å². The number of piperazine rings is 1. The van der Waals surface area contributed by atoms with Gasteiger partial charge in [-0.05, 0) is 19.5 Å². The summed E-state index contributed by atoms with van der Waals surface area (Å²) in [6, 6.07) is 8.84. The molecule has 1 aromatic heterocycles. The highest BCUT2D eigenvalue weighted by Gasteiger charge is 2.25. The minimum absolute atomic E-state index is 0.593. The Kier molecular flexibility index (Phi) is 3.49. The van der Waals surface area contributed by atoms with Crippen LogP contribution in [0.3, 0.4) is 0 Å². The van der Waals surface area contributed by atoms with Gasteiger partial charge in [0.05, 0.1) is 23.1 Å². The van der Waals surface area contributed by atoms with Crippen LogP contribution < -0.4 is 10.6 Å². The lowest BCUT2D eigenvalue weighted by Gasteiger charge is -2.41. The van der Waals surface area contributed by atoms with Crippen molar-refractivity contribution in [3.63, 3.8) is 0 Å². The summed E-state index contributed by atoms with van der Waals surface area (Å²) in [5.41, 5.74) is 9.17. The third kappa shape index (κ3) is 2.20. The number of likely N-dealkylation sites (N-methyl/N-ethyl adjacent to an activating group) is 1. The molecule has 4 nitrogen and oxygen atoms in total. The maximum Gasteiger partial charge on any atom is 0.0745 e. The van der Waals surface area contributed by atoms with Crippen molar-refractivity contribution >= 4 is 22.3 Å². The van der Waals surface area contributed by atoms with Crippen molar-refractivity contribution in [1.82, 2.24) is 9.88 Å². The summed E-state index contributed by atoms with van der Waals surface area (Å²) in [5, 5.41) is 1.16. The average Bonchev–Trinajstić information content (AvgIpc) is 2.48. The number of hydrogen-bond acceptors (Lipinski definition) is 4. The number of hydrogen-bond donors (Lipinski definition) is 1. The number of anilines is 2. The van der Waals surface area contributed by atoms with Crippen LogP contribution in [0, 0.1) is 0 Å². The van der Waals surface area contributed by atoms with E-state index in [1.807, 2.05) is 12.1 Å². The van der Waals surface area contributed by atoms with Crippen LogP contribution in [0.4, 0.5) is 11.4 Å². The predicted molar refractivity (Wildman–Crippen MR) is 85.1 cm³/mol. The smallest absolute Gasteiger partial charge is 0.0745 e. The van der Waals surface area contributed by atoms with Crippen molar-refractivity contribution in [3.05, 3.63) is 30.5 Å². The Morgan fingerprint density at radius 3 is 2.90 bits per heavy atom. The summed E-state index contributed by atoms with van der Waals surface area (Å²) >= 11 is 0. The van der Waals surface area contributed by atoms with Crippen molar-refractivity contribution in [2.24, 2.45) is 0 Å². The molecule has 1 aromatic carbocycles. The van der Waals surface area contributed by atoms with E-state index < -0.39 is 0 Å². The topological polar surface area (TPSA) is 45.4 Å². The molecule has 2 aromatic rings. The molecule has 0 amide bonds. The highest BCUT2D eigenvalue weighted by molar-refractivity contribution is 5.97. The van der Waals surface area contributed by atoms with Crippen molar-refractivity contribution in [2.75, 3.05) is 37.3 Å². The summed E-state index contributed by atoms with van der Waals surface area (Å²) in [4.78, 5) is 9.29. The first kappa shape index (κ1) is 13.2. The van der Waals surface area contributed by atoms with E-state index in [0.29, 0.717) is 6.04 Å². The first-order chi connectivity index (χ1) is 9.70. The minimum Gasteiger partial charge on any atom is -0.396 e. The van der Waals surface area contributed by atoms with Gasteiger partial charge in [0.25, 0.3) is 0 Å². The second kappa shape index (κ2) is 5.29. The van der Waals surface area contributed by atoms with Crippen LogP contribution in [0.2, 0.25) is 0 Å². The highest BCUT2D eigenvalue weighted by atomic mass is 15.3. The molecule has 0 aliphatic carbocycles. The van der Waals surface area contributed by atoms with E-state index in [0.717, 1.165) is 48.3 Å². The molecule has 106 valence electrons. The molecule has 2 N–H and O–H groups in total. The Bertz CT molecular complexity index is 610. The standard InChI is InChI=1S/C16H22N4/c1-3-12-11-20(9-8-19(12)2)16-13-6-4-5-7-15(13)18-10-14(16)17/h4-7,10,12H,3,8-9,11,17H2,1-2H3. The number of fused-ring (bicyclic) bond motifs is 1. The third-order valence-corrected chi connectivity index (χ3v) is 4.34. The SMILES string of the molecule is CCC1CN(c2c(N)cnc3ccccc23)CCN1C. The summed E-state index contributed by atoms with van der Waals surface area (Å²) in [6.45, 7) is 5.38. The molecular formula is C16H22N4. The zero-order valence-electron chi connectivity index (χ0n) is 12.2. The molecule has 0 saturated carbocycles. The maximum absolute atomic E-state index is 6.22. The Labute approximate surface area is 120 Å². The fourth-order valence-corrected chi connectivity index (χ4v) is 3.09. The van der Waals surface area contributed by atoms with Crippen molar-refractivity contribution < 1.29 is 0 Å². The third-order valence-electron chi connectivity index (χ3n) is 4.34. The van der Waals surface area contributed by atoms with Gasteiger partial charge in [-0.3, -0.25) is 9.88 Å². The van der Waals surface area contributed by atoms with Gasteiger partial charge >= 0.3 is 0 Å². The number of aromatic nitrogens is 1. The van der Waals surface area contributed by atoms with E-state index in [2.05, 4.69) is 40.9 Å². The highest BCUT2D eigenvalue weighted by Crippen LogP contribution is 2.32. The van der Waals surface area contributed by atoms with E-state index in [-0.39, 0.29) is 0 Å². The number of nitrogen functional groups attached to an aromatic ring is 1. The maximum atomic E-state index is 6.22. The van der Waals surface area contributed by atoms with E-state index in [4.69, 9.17) is 5.73 Å². The molecule has 1 saturated heterocycles. The number of nitrogens with zero attached hydrogens (tertiary/aromatic N) is 3. The molecule has 0 radical (unpaired) electrons. The largest absolute Gasteiger partial charge is 0.396 e. The Morgan fingerprint density at radius 1 is 1.30 bits per heavy atom. The van der Waals surface area contributed by atoms with Gasteiger partial charge in [-0.15, -0.1) is 0 Å². The number of nitrogens with two attached hydrogens (primary N) is 1. The predicted octanol–water partition coefficient (Wildman–Crippen LogP) is 2.35. The zero-order chi connectivity index (χ0) is 14.1. The van der Waals surface area contributed by atoms with Gasteiger partial charge in [-0.25, -0.2) is 0 Å². The van der Waals surface area contributed by atoms with Crippen LogP contribution in [0.1, 0.15) is 13.3 Å². The first-order valence-electron chi connectivity index (χ1n) is 7.29. The van der Waals surface area contributed by atoms with Crippen LogP contribution in [0.15, 0.2) is 30.5 Å². The van der Waals surface area contributed by atoms with Gasteiger partial charge in [-0.2, -0.15) is 0 Å². The lowest BCUT2D eigenvalue weighted by atomic mass is 10.1. The lowest BCUT2D eigenvalue weighted by Crippen LogP contribution is -2.51. The van der Waals surface area contributed by atoms with Crippen LogP contribution in [-0.4, -0.2) is 42.6 Å². The molecule has 20 heavy (non-hydrogen) atoms. The normalized spacial score (nSPS) is 20.5. The molecular weight excluding hydrogens is 248 g/mol. The number of pyridine rings is 1. The van der Waals surface area contributed by atoms with Crippen molar-refractivity contribution in [1.29, 1.82) is 0 Å². The van der Waals surface area contributed by atoms with Crippen molar-refractivity contribution in [3.8, 4) is 0 Å². The molecule has 1 unspecified atom stereocenters. The summed E-state index contributed by atoms with van der Waals surface area (Å²) in [7, 11) is 2.21. The number of para-hydroxylation sites is 1. The summed E-state index contributed by atoms with van der Waals surface area (Å²) < 4.78 is 0. The van der Waals surface area contributed by atoms with Gasteiger partial charge in [0.2, 0.25) is 0 Å². The van der Waals surface area contributed by atoms with Gasteiger partial charge in [0.1, 0.15) is 0 Å². The van der Waals surface area contributed by atoms with E-state index in [1.165, 1.54) is 0 Å². The Hall–Kier alpha value is -1.81. The number of rotatable bonds is 2. The monoisotopic (exact) mass is 270 g/mol. The molecule has 0 spiro atoms. The molecule has 3 rings (SSSR count). The van der Waals surface area contributed by atoms with Crippen LogP contribution in [-0.2, 0) is 0 Å². The summed E-state index contributed by atoms with van der Waals surface area (Å²) in [6.07, 6.45) is 2.95. The van der Waals surface area contributed by atoms with Gasteiger partial charge in [-0.1, -0.05) is 25.1 Å². The molecule has 1 aliphatic rings. The number of benzene rings is 1. The van der Waals surface area contributed by atoms with E-state index >= 15 is 0 Å². The molecule has 1 aliphatic heterocycles. The van der Waals surface area contributed by atoms with Crippen LogP contribution in [0.25, 0.3) is 10.9 Å². The van der Waals surface area contributed by atoms with E-state index in [9.17, 15) is 0 Å². The fourth-order valence-electron chi connectivity index (χ4n) is 3.09. The quantitative estimate of drug-likeness (QED) is 0.910. The Morgan fingerprint density at radius 2 is 2.10 bits per heavy atom. The van der Waals surface area contributed by atoms with Crippen LogP contribution >= 0.6 is 0 Å².